The maximum absolute atomic E-state index is 11.1. The zero-order chi connectivity index (χ0) is 15.4. The Labute approximate surface area is 132 Å². The lowest BCUT2D eigenvalue weighted by atomic mass is 10.1. The van der Waals surface area contributed by atoms with E-state index < -0.39 is 5.97 Å². The molecule has 21 heavy (non-hydrogen) atoms. The summed E-state index contributed by atoms with van der Waals surface area (Å²) in [6.45, 7) is 4.72. The van der Waals surface area contributed by atoms with Crippen molar-refractivity contribution in [1.29, 1.82) is 0 Å². The van der Waals surface area contributed by atoms with Gasteiger partial charge < -0.3 is 5.11 Å². The van der Waals surface area contributed by atoms with Gasteiger partial charge in [-0.2, -0.15) is 5.10 Å². The molecule has 0 atom stereocenters. The SMILES string of the molecule is CCc1nn(Cc2ccc(Br)cc2)c(CC)c1CC(=O)O. The van der Waals surface area contributed by atoms with Gasteiger partial charge in [-0.1, -0.05) is 41.9 Å². The van der Waals surface area contributed by atoms with E-state index in [-0.39, 0.29) is 6.42 Å². The molecule has 5 heteroatoms. The molecule has 0 aliphatic heterocycles. The Kier molecular flexibility index (Phi) is 5.17. The monoisotopic (exact) mass is 350 g/mol. The molecule has 0 saturated carbocycles. The molecule has 0 amide bonds. The molecule has 1 heterocycles. The fraction of sp³-hybridized carbons (Fsp3) is 0.375. The molecule has 2 rings (SSSR count). The van der Waals surface area contributed by atoms with Crippen LogP contribution in [0.4, 0.5) is 0 Å². The van der Waals surface area contributed by atoms with E-state index in [1.54, 1.807) is 0 Å². The van der Waals surface area contributed by atoms with Gasteiger partial charge in [0, 0.05) is 15.7 Å². The van der Waals surface area contributed by atoms with Gasteiger partial charge in [0.2, 0.25) is 0 Å². The van der Waals surface area contributed by atoms with Crippen molar-refractivity contribution in [2.75, 3.05) is 0 Å². The Balaban J connectivity index is 2.36. The molecule has 1 aromatic carbocycles. The van der Waals surface area contributed by atoms with Gasteiger partial charge in [0.15, 0.2) is 0 Å². The summed E-state index contributed by atoms with van der Waals surface area (Å²) in [4.78, 5) is 11.1. The number of halogens is 1. The number of benzene rings is 1. The first-order valence-electron chi connectivity index (χ1n) is 7.08. The van der Waals surface area contributed by atoms with Gasteiger partial charge in [-0.25, -0.2) is 0 Å². The summed E-state index contributed by atoms with van der Waals surface area (Å²) in [5, 5.41) is 13.7. The van der Waals surface area contributed by atoms with Crippen molar-refractivity contribution < 1.29 is 9.90 Å². The van der Waals surface area contributed by atoms with Crippen LogP contribution < -0.4 is 0 Å². The molecule has 0 radical (unpaired) electrons. The third-order valence-corrected chi connectivity index (χ3v) is 4.02. The van der Waals surface area contributed by atoms with Gasteiger partial charge in [0.05, 0.1) is 18.7 Å². The lowest BCUT2D eigenvalue weighted by molar-refractivity contribution is -0.136. The largest absolute Gasteiger partial charge is 0.481 e. The molecular formula is C16H19BrN2O2. The molecule has 0 saturated heterocycles. The van der Waals surface area contributed by atoms with Gasteiger partial charge in [0.1, 0.15) is 0 Å². The van der Waals surface area contributed by atoms with Crippen LogP contribution in [0.3, 0.4) is 0 Å². The van der Waals surface area contributed by atoms with Crippen molar-refractivity contribution in [3.63, 3.8) is 0 Å². The van der Waals surface area contributed by atoms with Crippen LogP contribution in [0.25, 0.3) is 0 Å². The van der Waals surface area contributed by atoms with Crippen LogP contribution in [0, 0.1) is 0 Å². The van der Waals surface area contributed by atoms with Gasteiger partial charge >= 0.3 is 5.97 Å². The summed E-state index contributed by atoms with van der Waals surface area (Å²) in [5.74, 6) is -0.803. The quantitative estimate of drug-likeness (QED) is 0.867. The molecule has 1 aromatic heterocycles. The number of carboxylic acid groups (broad SMARTS) is 1. The van der Waals surface area contributed by atoms with Crippen LogP contribution in [-0.4, -0.2) is 20.9 Å². The van der Waals surface area contributed by atoms with Crippen LogP contribution in [-0.2, 0) is 30.6 Å². The number of aromatic nitrogens is 2. The second-order valence-electron chi connectivity index (χ2n) is 4.93. The molecule has 0 aliphatic carbocycles. The zero-order valence-corrected chi connectivity index (χ0v) is 13.9. The fourth-order valence-electron chi connectivity index (χ4n) is 2.52. The van der Waals surface area contributed by atoms with Crippen molar-refractivity contribution in [1.82, 2.24) is 9.78 Å². The number of rotatable bonds is 6. The normalized spacial score (nSPS) is 10.8. The lowest BCUT2D eigenvalue weighted by Gasteiger charge is -2.07. The predicted octanol–water partition coefficient (Wildman–Crippen LogP) is 3.45. The van der Waals surface area contributed by atoms with Gasteiger partial charge in [0.25, 0.3) is 0 Å². The molecular weight excluding hydrogens is 332 g/mol. The average Bonchev–Trinajstić information content (AvgIpc) is 2.77. The van der Waals surface area contributed by atoms with Crippen LogP contribution >= 0.6 is 15.9 Å². The van der Waals surface area contributed by atoms with Gasteiger partial charge in [-0.15, -0.1) is 0 Å². The smallest absolute Gasteiger partial charge is 0.307 e. The van der Waals surface area contributed by atoms with Gasteiger partial charge in [-0.3, -0.25) is 9.48 Å². The third-order valence-electron chi connectivity index (χ3n) is 3.49. The number of carboxylic acids is 1. The van der Waals surface area contributed by atoms with Crippen molar-refractivity contribution >= 4 is 21.9 Å². The Morgan fingerprint density at radius 2 is 1.90 bits per heavy atom. The summed E-state index contributed by atoms with van der Waals surface area (Å²) in [6.07, 6.45) is 1.59. The highest BCUT2D eigenvalue weighted by atomic mass is 79.9. The predicted molar refractivity (Wildman–Crippen MR) is 85.6 cm³/mol. The van der Waals surface area contributed by atoms with Gasteiger partial charge in [-0.05, 0) is 30.5 Å². The second kappa shape index (κ2) is 6.89. The van der Waals surface area contributed by atoms with Crippen molar-refractivity contribution in [3.05, 3.63) is 51.3 Å². The zero-order valence-electron chi connectivity index (χ0n) is 12.3. The first-order valence-corrected chi connectivity index (χ1v) is 7.88. The molecule has 1 N–H and O–H groups in total. The Bertz CT molecular complexity index is 632. The molecule has 0 aliphatic rings. The van der Waals surface area contributed by atoms with Crippen molar-refractivity contribution in [2.24, 2.45) is 0 Å². The highest BCUT2D eigenvalue weighted by molar-refractivity contribution is 9.10. The summed E-state index contributed by atoms with van der Waals surface area (Å²) < 4.78 is 2.99. The number of aliphatic carboxylic acids is 1. The molecule has 0 unspecified atom stereocenters. The van der Waals surface area contributed by atoms with Crippen molar-refractivity contribution in [3.8, 4) is 0 Å². The second-order valence-corrected chi connectivity index (χ2v) is 5.85. The minimum Gasteiger partial charge on any atom is -0.481 e. The lowest BCUT2D eigenvalue weighted by Crippen LogP contribution is -2.08. The van der Waals surface area contributed by atoms with E-state index in [0.717, 1.165) is 39.8 Å². The summed E-state index contributed by atoms with van der Waals surface area (Å²) in [6, 6.07) is 8.11. The summed E-state index contributed by atoms with van der Waals surface area (Å²) in [5.41, 5.74) is 3.95. The number of hydrogen-bond donors (Lipinski definition) is 1. The molecule has 112 valence electrons. The van der Waals surface area contributed by atoms with Crippen LogP contribution in [0.5, 0.6) is 0 Å². The highest BCUT2D eigenvalue weighted by Gasteiger charge is 2.17. The van der Waals surface area contributed by atoms with Crippen LogP contribution in [0.15, 0.2) is 28.7 Å². The van der Waals surface area contributed by atoms with E-state index in [9.17, 15) is 4.79 Å². The summed E-state index contributed by atoms with van der Waals surface area (Å²) >= 11 is 3.43. The van der Waals surface area contributed by atoms with E-state index in [1.807, 2.05) is 42.8 Å². The molecule has 0 fully saturated rings. The first-order chi connectivity index (χ1) is 10.0. The first kappa shape index (κ1) is 15.8. The minimum absolute atomic E-state index is 0.0483. The molecule has 0 spiro atoms. The van der Waals surface area contributed by atoms with Crippen molar-refractivity contribution in [2.45, 2.75) is 39.7 Å². The number of nitrogens with zero attached hydrogens (tertiary/aromatic N) is 2. The minimum atomic E-state index is -0.803. The Morgan fingerprint density at radius 1 is 1.24 bits per heavy atom. The maximum Gasteiger partial charge on any atom is 0.307 e. The van der Waals surface area contributed by atoms with E-state index in [1.165, 1.54) is 0 Å². The molecule has 2 aromatic rings. The van der Waals surface area contributed by atoms with Crippen LogP contribution in [0.2, 0.25) is 0 Å². The summed E-state index contributed by atoms with van der Waals surface area (Å²) in [7, 11) is 0. The maximum atomic E-state index is 11.1. The Hall–Kier alpha value is -1.62. The standard InChI is InChI=1S/C16H19BrN2O2/c1-3-14-13(9-16(20)21)15(4-2)19(18-14)10-11-5-7-12(17)8-6-11/h5-8H,3-4,9-10H2,1-2H3,(H,20,21). The third kappa shape index (κ3) is 3.73. The van der Waals surface area contributed by atoms with E-state index in [0.29, 0.717) is 6.54 Å². The number of hydrogen-bond acceptors (Lipinski definition) is 2. The Morgan fingerprint density at radius 3 is 2.43 bits per heavy atom. The fourth-order valence-corrected chi connectivity index (χ4v) is 2.78. The highest BCUT2D eigenvalue weighted by Crippen LogP contribution is 2.19. The van der Waals surface area contributed by atoms with E-state index >= 15 is 0 Å². The average molecular weight is 351 g/mol. The van der Waals surface area contributed by atoms with Crippen LogP contribution in [0.1, 0.15) is 36.4 Å². The number of carbonyl (C=O) groups is 1. The van der Waals surface area contributed by atoms with E-state index in [4.69, 9.17) is 5.11 Å². The van der Waals surface area contributed by atoms with E-state index in [2.05, 4.69) is 21.0 Å². The number of aryl methyl sites for hydroxylation is 1. The molecule has 0 bridgehead atoms. The molecule has 4 nitrogen and oxygen atoms in total. The topological polar surface area (TPSA) is 55.1 Å².